The second-order valence-electron chi connectivity index (χ2n) is 2.80. The first-order chi connectivity index (χ1) is 6.59. The third-order valence-electron chi connectivity index (χ3n) is 1.89. The number of aromatic nitrogens is 2. The van der Waals surface area contributed by atoms with Gasteiger partial charge < -0.3 is 10.8 Å². The van der Waals surface area contributed by atoms with E-state index in [1.165, 1.54) is 0 Å². The molecule has 1 heterocycles. The number of halogens is 1. The van der Waals surface area contributed by atoms with Gasteiger partial charge in [0.1, 0.15) is 0 Å². The number of nitrogens with two attached hydrogens (primary N) is 1. The molecule has 6 heteroatoms. The van der Waals surface area contributed by atoms with E-state index in [2.05, 4.69) is 20.9 Å². The minimum atomic E-state index is -0.621. The van der Waals surface area contributed by atoms with Gasteiger partial charge in [0.25, 0.3) is 5.56 Å². The topological polar surface area (TPSA) is 80.9 Å². The number of nitrogens with zero attached hydrogens (tertiary/aromatic N) is 1. The molecule has 0 bridgehead atoms. The Morgan fingerprint density at radius 2 is 2.07 bits per heavy atom. The Bertz CT molecular complexity index is 614. The van der Waals surface area contributed by atoms with Crippen LogP contribution in [0.15, 0.2) is 32.3 Å². The van der Waals surface area contributed by atoms with Gasteiger partial charge in [-0.15, -0.1) is 0 Å². The molecule has 0 saturated heterocycles. The molecule has 0 aliphatic carbocycles. The summed E-state index contributed by atoms with van der Waals surface area (Å²) in [6, 6.07) is 4.98. The molecule has 14 heavy (non-hydrogen) atoms. The predicted molar refractivity (Wildman–Crippen MR) is 56.7 cm³/mol. The second kappa shape index (κ2) is 2.98. The molecule has 72 valence electrons. The van der Waals surface area contributed by atoms with Crippen LogP contribution in [0, 0.1) is 0 Å². The first-order valence-corrected chi connectivity index (χ1v) is 4.58. The number of fused-ring (bicyclic) bond motifs is 1. The minimum absolute atomic E-state index is 0.376. The Hall–Kier alpha value is -1.56. The van der Waals surface area contributed by atoms with Crippen LogP contribution in [-0.2, 0) is 0 Å². The van der Waals surface area contributed by atoms with E-state index in [1.807, 2.05) is 0 Å². The average molecular weight is 256 g/mol. The highest BCUT2D eigenvalue weighted by molar-refractivity contribution is 9.10. The number of H-pyrrole nitrogens is 1. The van der Waals surface area contributed by atoms with Crippen molar-refractivity contribution in [1.82, 2.24) is 9.66 Å². The molecule has 1 aromatic carbocycles. The summed E-state index contributed by atoms with van der Waals surface area (Å²) in [6.45, 7) is 0. The standard InChI is InChI=1S/C8H6BrN3O2/c9-4-1-2-6-5(3-4)7(13)12(10)8(14)11-6/h1-3H,10H2,(H,11,14). The Kier molecular flexibility index (Phi) is 1.92. The summed E-state index contributed by atoms with van der Waals surface area (Å²) in [5.41, 5.74) is -0.653. The van der Waals surface area contributed by atoms with Crippen molar-refractivity contribution >= 4 is 26.8 Å². The van der Waals surface area contributed by atoms with Crippen LogP contribution in [0.3, 0.4) is 0 Å². The molecule has 5 nitrogen and oxygen atoms in total. The minimum Gasteiger partial charge on any atom is -0.332 e. The molecular weight excluding hydrogens is 250 g/mol. The zero-order valence-electron chi connectivity index (χ0n) is 6.95. The lowest BCUT2D eigenvalue weighted by molar-refractivity contribution is 0.856. The zero-order chi connectivity index (χ0) is 10.3. The van der Waals surface area contributed by atoms with Gasteiger partial charge in [0, 0.05) is 4.47 Å². The molecule has 0 radical (unpaired) electrons. The maximum atomic E-state index is 11.5. The highest BCUT2D eigenvalue weighted by Gasteiger charge is 2.04. The van der Waals surface area contributed by atoms with Gasteiger partial charge in [-0.05, 0) is 18.2 Å². The van der Waals surface area contributed by atoms with E-state index in [-0.39, 0.29) is 0 Å². The molecule has 2 rings (SSSR count). The summed E-state index contributed by atoms with van der Waals surface area (Å²) in [5, 5.41) is 0.376. The molecule has 0 saturated carbocycles. The smallest absolute Gasteiger partial charge is 0.332 e. The SMILES string of the molecule is Nn1c(=O)[nH]c2ccc(Br)cc2c1=O. The van der Waals surface area contributed by atoms with Crippen molar-refractivity contribution in [3.05, 3.63) is 43.5 Å². The van der Waals surface area contributed by atoms with E-state index in [1.54, 1.807) is 18.2 Å². The molecule has 0 atom stereocenters. The number of hydrogen-bond donors (Lipinski definition) is 2. The average Bonchev–Trinajstić information content (AvgIpc) is 2.16. The number of aromatic amines is 1. The van der Waals surface area contributed by atoms with Crippen molar-refractivity contribution in [3.8, 4) is 0 Å². The highest BCUT2D eigenvalue weighted by Crippen LogP contribution is 2.13. The van der Waals surface area contributed by atoms with E-state index in [0.717, 1.165) is 4.47 Å². The van der Waals surface area contributed by atoms with Crippen molar-refractivity contribution in [2.45, 2.75) is 0 Å². The van der Waals surface area contributed by atoms with Crippen LogP contribution in [0.25, 0.3) is 10.9 Å². The Morgan fingerprint density at radius 3 is 2.79 bits per heavy atom. The molecule has 0 spiro atoms. The molecule has 1 aromatic heterocycles. The number of benzene rings is 1. The predicted octanol–water partition coefficient (Wildman–Crippen LogP) is 0.166. The Balaban J connectivity index is 3.07. The lowest BCUT2D eigenvalue weighted by Gasteiger charge is -2.00. The summed E-state index contributed by atoms with van der Waals surface area (Å²) in [6.07, 6.45) is 0. The number of rotatable bonds is 0. The van der Waals surface area contributed by atoms with Crippen LogP contribution >= 0.6 is 15.9 Å². The third-order valence-corrected chi connectivity index (χ3v) is 2.38. The molecule has 0 fully saturated rings. The van der Waals surface area contributed by atoms with Gasteiger partial charge in [-0.2, -0.15) is 4.68 Å². The molecule has 0 unspecified atom stereocenters. The first-order valence-electron chi connectivity index (χ1n) is 3.79. The van der Waals surface area contributed by atoms with Gasteiger partial charge >= 0.3 is 5.69 Å². The molecule has 2 aromatic rings. The van der Waals surface area contributed by atoms with Gasteiger partial charge in [-0.3, -0.25) is 4.79 Å². The zero-order valence-corrected chi connectivity index (χ0v) is 8.54. The molecule has 0 aliphatic rings. The van der Waals surface area contributed by atoms with Crippen LogP contribution in [0.2, 0.25) is 0 Å². The first kappa shape index (κ1) is 9.01. The summed E-state index contributed by atoms with van der Waals surface area (Å²) in [5.74, 6) is 5.24. The summed E-state index contributed by atoms with van der Waals surface area (Å²) >= 11 is 3.23. The fourth-order valence-electron chi connectivity index (χ4n) is 1.20. The second-order valence-corrected chi connectivity index (χ2v) is 3.71. The molecule has 0 aliphatic heterocycles. The number of nitrogen functional groups attached to an aromatic ring is 1. The molecular formula is C8H6BrN3O2. The van der Waals surface area contributed by atoms with Crippen LogP contribution in [0.4, 0.5) is 0 Å². The fraction of sp³-hybridized carbons (Fsp3) is 0. The van der Waals surface area contributed by atoms with Crippen molar-refractivity contribution in [2.75, 3.05) is 5.84 Å². The number of hydrogen-bond acceptors (Lipinski definition) is 3. The highest BCUT2D eigenvalue weighted by atomic mass is 79.9. The van der Waals surface area contributed by atoms with Gasteiger partial charge in [0.05, 0.1) is 10.9 Å². The lowest BCUT2D eigenvalue weighted by atomic mass is 10.2. The normalized spacial score (nSPS) is 10.6. The van der Waals surface area contributed by atoms with E-state index in [4.69, 9.17) is 5.84 Å². The van der Waals surface area contributed by atoms with Gasteiger partial charge in [0.2, 0.25) is 0 Å². The third kappa shape index (κ3) is 1.24. The monoisotopic (exact) mass is 255 g/mol. The quantitative estimate of drug-likeness (QED) is 0.659. The van der Waals surface area contributed by atoms with Crippen molar-refractivity contribution in [3.63, 3.8) is 0 Å². The van der Waals surface area contributed by atoms with Crippen LogP contribution in [-0.4, -0.2) is 9.66 Å². The van der Waals surface area contributed by atoms with E-state index in [0.29, 0.717) is 15.6 Å². The number of nitrogens with one attached hydrogen (secondary N) is 1. The molecule has 3 N–H and O–H groups in total. The van der Waals surface area contributed by atoms with Gasteiger partial charge in [0.15, 0.2) is 0 Å². The lowest BCUT2D eigenvalue weighted by Crippen LogP contribution is -2.40. The van der Waals surface area contributed by atoms with Gasteiger partial charge in [-0.1, -0.05) is 15.9 Å². The van der Waals surface area contributed by atoms with E-state index >= 15 is 0 Å². The van der Waals surface area contributed by atoms with Crippen LogP contribution in [0.5, 0.6) is 0 Å². The summed E-state index contributed by atoms with van der Waals surface area (Å²) in [7, 11) is 0. The summed E-state index contributed by atoms with van der Waals surface area (Å²) in [4.78, 5) is 25.1. The van der Waals surface area contributed by atoms with Crippen molar-refractivity contribution < 1.29 is 0 Å². The molecule has 0 amide bonds. The maximum Gasteiger partial charge on any atom is 0.347 e. The van der Waals surface area contributed by atoms with Crippen molar-refractivity contribution in [1.29, 1.82) is 0 Å². The van der Waals surface area contributed by atoms with Crippen LogP contribution in [0.1, 0.15) is 0 Å². The Labute approximate surface area is 86.3 Å². The van der Waals surface area contributed by atoms with E-state index < -0.39 is 11.2 Å². The summed E-state index contributed by atoms with van der Waals surface area (Å²) < 4.78 is 1.31. The van der Waals surface area contributed by atoms with Crippen molar-refractivity contribution in [2.24, 2.45) is 0 Å². The van der Waals surface area contributed by atoms with E-state index in [9.17, 15) is 9.59 Å². The van der Waals surface area contributed by atoms with Crippen LogP contribution < -0.4 is 17.1 Å². The largest absolute Gasteiger partial charge is 0.347 e. The fourth-order valence-corrected chi connectivity index (χ4v) is 1.56. The Morgan fingerprint density at radius 1 is 1.36 bits per heavy atom. The maximum absolute atomic E-state index is 11.5. The van der Waals surface area contributed by atoms with Gasteiger partial charge in [-0.25, -0.2) is 4.79 Å².